The summed E-state index contributed by atoms with van der Waals surface area (Å²) in [5, 5.41) is 10.6. The molecule has 0 radical (unpaired) electrons. The van der Waals surface area contributed by atoms with E-state index in [2.05, 4.69) is 20.5 Å². The predicted octanol–water partition coefficient (Wildman–Crippen LogP) is 4.01. The van der Waals surface area contributed by atoms with Crippen LogP contribution >= 0.6 is 0 Å². The third kappa shape index (κ3) is 4.85. The molecule has 4 aromatic rings. The average Bonchev–Trinajstić information content (AvgIpc) is 3.38. The Morgan fingerprint density at radius 2 is 1.84 bits per heavy atom. The Bertz CT molecular complexity index is 1190. The number of fused-ring (bicyclic) bond motifs is 1. The van der Waals surface area contributed by atoms with Gasteiger partial charge in [0, 0.05) is 34.9 Å². The smallest absolute Gasteiger partial charge is 0.230 e. The maximum atomic E-state index is 13.5. The van der Waals surface area contributed by atoms with E-state index < -0.39 is 0 Å². The summed E-state index contributed by atoms with van der Waals surface area (Å²) in [4.78, 5) is 15.5. The first-order chi connectivity index (χ1) is 15.0. The SMILES string of the molecule is COc1cc(CCc2cc(NC(=O)Cc3c[nH]c4ccc(F)cc34)n[nH]2)cc(OC)c1. The lowest BCUT2D eigenvalue weighted by molar-refractivity contribution is -0.115. The minimum absolute atomic E-state index is 0.120. The molecular formula is C23H23FN4O3. The summed E-state index contributed by atoms with van der Waals surface area (Å²) in [5.74, 6) is 1.38. The number of methoxy groups -OCH3 is 2. The zero-order valence-corrected chi connectivity index (χ0v) is 17.3. The van der Waals surface area contributed by atoms with E-state index in [4.69, 9.17) is 9.47 Å². The van der Waals surface area contributed by atoms with Gasteiger partial charge in [-0.15, -0.1) is 0 Å². The zero-order valence-electron chi connectivity index (χ0n) is 17.3. The van der Waals surface area contributed by atoms with Crippen LogP contribution in [-0.4, -0.2) is 35.3 Å². The molecule has 8 heteroatoms. The summed E-state index contributed by atoms with van der Waals surface area (Å²) in [6.07, 6.45) is 3.31. The van der Waals surface area contributed by atoms with Gasteiger partial charge in [-0.2, -0.15) is 5.10 Å². The van der Waals surface area contributed by atoms with Crippen molar-refractivity contribution in [3.63, 3.8) is 0 Å². The fraction of sp³-hybridized carbons (Fsp3) is 0.217. The molecule has 160 valence electrons. The van der Waals surface area contributed by atoms with Crippen LogP contribution in [0.3, 0.4) is 0 Å². The number of hydrogen-bond donors (Lipinski definition) is 3. The van der Waals surface area contributed by atoms with Gasteiger partial charge in [-0.05, 0) is 54.3 Å². The van der Waals surface area contributed by atoms with Crippen LogP contribution in [0, 0.1) is 5.82 Å². The Morgan fingerprint density at radius 3 is 2.58 bits per heavy atom. The topological polar surface area (TPSA) is 92.0 Å². The molecule has 0 aliphatic heterocycles. The number of carbonyl (C=O) groups is 1. The monoisotopic (exact) mass is 422 g/mol. The number of aryl methyl sites for hydroxylation is 2. The first kappa shape index (κ1) is 20.5. The summed E-state index contributed by atoms with van der Waals surface area (Å²) < 4.78 is 24.1. The van der Waals surface area contributed by atoms with Crippen LogP contribution in [-0.2, 0) is 24.1 Å². The number of benzene rings is 2. The molecule has 0 atom stereocenters. The van der Waals surface area contributed by atoms with Crippen molar-refractivity contribution in [3.8, 4) is 11.5 Å². The highest BCUT2D eigenvalue weighted by Gasteiger charge is 2.12. The van der Waals surface area contributed by atoms with Crippen molar-refractivity contribution in [1.29, 1.82) is 0 Å². The number of rotatable bonds is 8. The fourth-order valence-corrected chi connectivity index (χ4v) is 3.50. The van der Waals surface area contributed by atoms with Crippen molar-refractivity contribution in [3.05, 3.63) is 71.3 Å². The van der Waals surface area contributed by atoms with Gasteiger partial charge in [-0.25, -0.2) is 4.39 Å². The van der Waals surface area contributed by atoms with Crippen molar-refractivity contribution in [1.82, 2.24) is 15.2 Å². The van der Waals surface area contributed by atoms with Crippen molar-refractivity contribution >= 4 is 22.6 Å². The lowest BCUT2D eigenvalue weighted by Crippen LogP contribution is -2.14. The van der Waals surface area contributed by atoms with E-state index in [0.717, 1.165) is 40.3 Å². The molecule has 7 nitrogen and oxygen atoms in total. The number of carbonyl (C=O) groups excluding carboxylic acids is 1. The lowest BCUT2D eigenvalue weighted by atomic mass is 10.1. The number of hydrogen-bond acceptors (Lipinski definition) is 4. The number of ether oxygens (including phenoxy) is 2. The van der Waals surface area contributed by atoms with Gasteiger partial charge in [-0.1, -0.05) is 0 Å². The molecule has 2 heterocycles. The van der Waals surface area contributed by atoms with Crippen LogP contribution in [0.1, 0.15) is 16.8 Å². The van der Waals surface area contributed by atoms with Crippen molar-refractivity contribution in [2.75, 3.05) is 19.5 Å². The standard InChI is InChI=1S/C23H23FN4O3/c1-30-18-7-14(8-19(12-18)31-2)3-5-17-11-22(28-27-17)26-23(29)9-15-13-25-21-6-4-16(24)10-20(15)21/h4,6-8,10-13,25H,3,5,9H2,1-2H3,(H2,26,27,28,29). The number of aromatic nitrogens is 3. The second-order valence-electron chi connectivity index (χ2n) is 7.23. The molecule has 0 saturated heterocycles. The van der Waals surface area contributed by atoms with Crippen molar-refractivity contribution in [2.24, 2.45) is 0 Å². The number of nitrogens with zero attached hydrogens (tertiary/aromatic N) is 1. The Labute approximate surface area is 178 Å². The highest BCUT2D eigenvalue weighted by molar-refractivity contribution is 5.95. The molecule has 0 aliphatic carbocycles. The zero-order chi connectivity index (χ0) is 21.8. The van der Waals surface area contributed by atoms with Crippen LogP contribution in [0.2, 0.25) is 0 Å². The van der Waals surface area contributed by atoms with E-state index >= 15 is 0 Å². The number of aromatic amines is 2. The second-order valence-corrected chi connectivity index (χ2v) is 7.23. The predicted molar refractivity (Wildman–Crippen MR) is 116 cm³/mol. The van der Waals surface area contributed by atoms with E-state index in [1.54, 1.807) is 26.5 Å². The first-order valence-corrected chi connectivity index (χ1v) is 9.85. The Kier molecular flexibility index (Phi) is 5.88. The summed E-state index contributed by atoms with van der Waals surface area (Å²) in [5.41, 5.74) is 3.49. The lowest BCUT2D eigenvalue weighted by Gasteiger charge is -2.08. The molecule has 0 bridgehead atoms. The van der Waals surface area contributed by atoms with Gasteiger partial charge < -0.3 is 19.8 Å². The van der Waals surface area contributed by atoms with Crippen LogP contribution < -0.4 is 14.8 Å². The molecule has 2 aromatic carbocycles. The second kappa shape index (κ2) is 8.91. The Morgan fingerprint density at radius 1 is 1.06 bits per heavy atom. The van der Waals surface area contributed by atoms with Gasteiger partial charge in [0.2, 0.25) is 5.91 Å². The fourth-order valence-electron chi connectivity index (χ4n) is 3.50. The number of halogens is 1. The summed E-state index contributed by atoms with van der Waals surface area (Å²) in [7, 11) is 3.24. The molecule has 3 N–H and O–H groups in total. The van der Waals surface area contributed by atoms with Crippen LogP contribution in [0.5, 0.6) is 11.5 Å². The first-order valence-electron chi connectivity index (χ1n) is 9.85. The summed E-state index contributed by atoms with van der Waals surface area (Å²) >= 11 is 0. The molecule has 0 spiro atoms. The number of H-pyrrole nitrogens is 2. The molecule has 0 unspecified atom stereocenters. The Balaban J connectivity index is 1.36. The van der Waals surface area contributed by atoms with Gasteiger partial charge in [-0.3, -0.25) is 9.89 Å². The van der Waals surface area contributed by atoms with E-state index in [-0.39, 0.29) is 18.1 Å². The van der Waals surface area contributed by atoms with Crippen LogP contribution in [0.15, 0.2) is 48.7 Å². The van der Waals surface area contributed by atoms with Crippen LogP contribution in [0.25, 0.3) is 10.9 Å². The average molecular weight is 422 g/mol. The summed E-state index contributed by atoms with van der Waals surface area (Å²) in [6, 6.07) is 12.0. The van der Waals surface area contributed by atoms with Crippen molar-refractivity contribution < 1.29 is 18.7 Å². The number of anilines is 1. The van der Waals surface area contributed by atoms with Gasteiger partial charge in [0.25, 0.3) is 0 Å². The molecule has 0 fully saturated rings. The van der Waals surface area contributed by atoms with Crippen molar-refractivity contribution in [2.45, 2.75) is 19.3 Å². The third-order valence-corrected chi connectivity index (χ3v) is 5.07. The molecule has 1 amide bonds. The molecule has 0 aliphatic rings. The van der Waals surface area contributed by atoms with Gasteiger partial charge in [0.15, 0.2) is 5.82 Å². The van der Waals surface area contributed by atoms with Gasteiger partial charge in [0.05, 0.1) is 20.6 Å². The van der Waals surface area contributed by atoms with Gasteiger partial charge in [0.1, 0.15) is 17.3 Å². The molecule has 31 heavy (non-hydrogen) atoms. The maximum absolute atomic E-state index is 13.5. The highest BCUT2D eigenvalue weighted by Crippen LogP contribution is 2.24. The molecule has 0 saturated carbocycles. The van der Waals surface area contributed by atoms with Gasteiger partial charge >= 0.3 is 0 Å². The quantitative estimate of drug-likeness (QED) is 0.400. The molecule has 4 rings (SSSR count). The van der Waals surface area contributed by atoms with E-state index in [9.17, 15) is 9.18 Å². The molecule has 2 aromatic heterocycles. The normalized spacial score (nSPS) is 10.9. The van der Waals surface area contributed by atoms with E-state index in [1.165, 1.54) is 12.1 Å². The minimum atomic E-state index is -0.334. The maximum Gasteiger partial charge on any atom is 0.230 e. The highest BCUT2D eigenvalue weighted by atomic mass is 19.1. The third-order valence-electron chi connectivity index (χ3n) is 5.07. The number of nitrogens with one attached hydrogen (secondary N) is 3. The molecular weight excluding hydrogens is 399 g/mol. The van der Waals surface area contributed by atoms with E-state index in [1.807, 2.05) is 24.3 Å². The Hall–Kier alpha value is -3.81. The van der Waals surface area contributed by atoms with Crippen LogP contribution in [0.4, 0.5) is 10.2 Å². The summed E-state index contributed by atoms with van der Waals surface area (Å²) in [6.45, 7) is 0. The minimum Gasteiger partial charge on any atom is -0.497 e. The largest absolute Gasteiger partial charge is 0.497 e. The number of amides is 1. The van der Waals surface area contributed by atoms with E-state index in [0.29, 0.717) is 17.6 Å².